The number of aromatic amines is 1. The van der Waals surface area contributed by atoms with E-state index >= 15 is 0 Å². The van der Waals surface area contributed by atoms with Crippen LogP contribution in [-0.4, -0.2) is 59.0 Å². The zero-order valence-corrected chi connectivity index (χ0v) is 15.6. The molecule has 1 N–H and O–H groups in total. The molecule has 0 saturated carbocycles. The van der Waals surface area contributed by atoms with Crippen molar-refractivity contribution in [2.75, 3.05) is 23.8 Å². The quantitative estimate of drug-likeness (QED) is 0.778. The molecular formula is C17H21N3O3S2. The number of aromatic nitrogens is 2. The Hall–Kier alpha value is -1.80. The fourth-order valence-corrected chi connectivity index (χ4v) is 5.48. The van der Waals surface area contributed by atoms with Gasteiger partial charge in [0.25, 0.3) is 0 Å². The van der Waals surface area contributed by atoms with Crippen molar-refractivity contribution in [2.45, 2.75) is 24.5 Å². The summed E-state index contributed by atoms with van der Waals surface area (Å²) >= 11 is 1.34. The summed E-state index contributed by atoms with van der Waals surface area (Å²) in [4.78, 5) is 21.7. The highest BCUT2D eigenvalue weighted by Crippen LogP contribution is 2.23. The molecule has 1 aromatic carbocycles. The highest BCUT2D eigenvalue weighted by atomic mass is 32.2. The van der Waals surface area contributed by atoms with Crippen LogP contribution in [0.1, 0.15) is 13.3 Å². The second-order valence-corrected chi connectivity index (χ2v) is 9.19. The minimum absolute atomic E-state index is 0.0488. The molecule has 1 amide bonds. The van der Waals surface area contributed by atoms with Gasteiger partial charge in [-0.15, -0.1) is 0 Å². The SMILES string of the molecule is CCN(C(=O)CSc1ncc(-c2ccccc2)[nH]1)C1CCS(=O)(=O)C1. The largest absolute Gasteiger partial charge is 0.338 e. The second-order valence-electron chi connectivity index (χ2n) is 5.99. The molecule has 2 heterocycles. The van der Waals surface area contributed by atoms with Gasteiger partial charge in [0.1, 0.15) is 0 Å². The summed E-state index contributed by atoms with van der Waals surface area (Å²) in [6, 6.07) is 9.66. The van der Waals surface area contributed by atoms with Crippen LogP contribution in [0.15, 0.2) is 41.7 Å². The van der Waals surface area contributed by atoms with Crippen molar-refractivity contribution in [3.05, 3.63) is 36.5 Å². The fourth-order valence-electron chi connectivity index (χ4n) is 3.01. The number of sulfone groups is 1. The molecule has 1 atom stereocenters. The first-order valence-electron chi connectivity index (χ1n) is 8.21. The Morgan fingerprint density at radius 2 is 2.12 bits per heavy atom. The van der Waals surface area contributed by atoms with Crippen molar-refractivity contribution in [1.82, 2.24) is 14.9 Å². The molecule has 0 spiro atoms. The third-order valence-corrected chi connectivity index (χ3v) is 6.90. The number of rotatable bonds is 6. The van der Waals surface area contributed by atoms with E-state index in [1.54, 1.807) is 11.1 Å². The van der Waals surface area contributed by atoms with Gasteiger partial charge in [-0.3, -0.25) is 4.79 Å². The van der Waals surface area contributed by atoms with E-state index in [0.29, 0.717) is 18.1 Å². The topological polar surface area (TPSA) is 83.1 Å². The lowest BCUT2D eigenvalue weighted by molar-refractivity contribution is -0.129. The van der Waals surface area contributed by atoms with Crippen molar-refractivity contribution < 1.29 is 13.2 Å². The zero-order valence-electron chi connectivity index (χ0n) is 14.0. The van der Waals surface area contributed by atoms with Gasteiger partial charge in [0.15, 0.2) is 15.0 Å². The molecule has 8 heteroatoms. The minimum atomic E-state index is -3.00. The predicted octanol–water partition coefficient (Wildman–Crippen LogP) is 2.20. The molecule has 0 aliphatic carbocycles. The summed E-state index contributed by atoms with van der Waals surface area (Å²) in [6.07, 6.45) is 2.29. The Balaban J connectivity index is 1.59. The number of hydrogen-bond acceptors (Lipinski definition) is 5. The third kappa shape index (κ3) is 4.43. The van der Waals surface area contributed by atoms with Gasteiger partial charge in [-0.25, -0.2) is 13.4 Å². The maximum absolute atomic E-state index is 12.5. The number of H-pyrrole nitrogens is 1. The average Bonchev–Trinajstić information content (AvgIpc) is 3.21. The van der Waals surface area contributed by atoms with E-state index in [9.17, 15) is 13.2 Å². The van der Waals surface area contributed by atoms with Gasteiger partial charge in [-0.2, -0.15) is 0 Å². The smallest absolute Gasteiger partial charge is 0.233 e. The van der Waals surface area contributed by atoms with Gasteiger partial charge >= 0.3 is 0 Å². The van der Waals surface area contributed by atoms with Crippen LogP contribution in [-0.2, 0) is 14.6 Å². The number of benzene rings is 1. The number of thioether (sulfide) groups is 1. The summed E-state index contributed by atoms with van der Waals surface area (Å²) in [7, 11) is -3.00. The van der Waals surface area contributed by atoms with E-state index in [2.05, 4.69) is 9.97 Å². The number of hydrogen-bond donors (Lipinski definition) is 1. The van der Waals surface area contributed by atoms with Crippen LogP contribution in [0.5, 0.6) is 0 Å². The lowest BCUT2D eigenvalue weighted by atomic mass is 10.2. The number of nitrogens with one attached hydrogen (secondary N) is 1. The minimum Gasteiger partial charge on any atom is -0.338 e. The standard InChI is InChI=1S/C17H21N3O3S2/c1-2-20(14-8-9-25(22,23)12-14)16(21)11-24-17-18-10-15(19-17)13-6-4-3-5-7-13/h3-7,10,14H,2,8-9,11-12H2,1H3,(H,18,19). The van der Waals surface area contributed by atoms with E-state index in [4.69, 9.17) is 0 Å². The highest BCUT2D eigenvalue weighted by molar-refractivity contribution is 7.99. The summed E-state index contributed by atoms with van der Waals surface area (Å²) in [6.45, 7) is 2.40. The van der Waals surface area contributed by atoms with Gasteiger partial charge in [-0.05, 0) is 18.9 Å². The van der Waals surface area contributed by atoms with Crippen LogP contribution < -0.4 is 0 Å². The van der Waals surface area contributed by atoms with E-state index in [0.717, 1.165) is 11.3 Å². The lowest BCUT2D eigenvalue weighted by Crippen LogP contribution is -2.41. The van der Waals surface area contributed by atoms with Crippen LogP contribution >= 0.6 is 11.8 Å². The first-order chi connectivity index (χ1) is 12.0. The van der Waals surface area contributed by atoms with Gasteiger partial charge in [0.2, 0.25) is 5.91 Å². The lowest BCUT2D eigenvalue weighted by Gasteiger charge is -2.26. The predicted molar refractivity (Wildman–Crippen MR) is 99.2 cm³/mol. The van der Waals surface area contributed by atoms with Gasteiger partial charge in [-0.1, -0.05) is 42.1 Å². The second kappa shape index (κ2) is 7.61. The Morgan fingerprint density at radius 1 is 1.36 bits per heavy atom. The number of imidazole rings is 1. The monoisotopic (exact) mass is 379 g/mol. The van der Waals surface area contributed by atoms with E-state index < -0.39 is 9.84 Å². The Morgan fingerprint density at radius 3 is 2.76 bits per heavy atom. The average molecular weight is 380 g/mol. The molecule has 134 valence electrons. The molecule has 0 radical (unpaired) electrons. The molecule has 1 aromatic heterocycles. The number of amides is 1. The van der Waals surface area contributed by atoms with Crippen LogP contribution in [0.3, 0.4) is 0 Å². The maximum Gasteiger partial charge on any atom is 0.233 e. The molecule has 25 heavy (non-hydrogen) atoms. The van der Waals surface area contributed by atoms with Crippen molar-refractivity contribution in [1.29, 1.82) is 0 Å². The Bertz CT molecular complexity index is 834. The first kappa shape index (κ1) is 18.0. The van der Waals surface area contributed by atoms with Crippen molar-refractivity contribution >= 4 is 27.5 Å². The molecule has 2 aromatic rings. The normalized spacial score (nSPS) is 19.0. The summed E-state index contributed by atoms with van der Waals surface area (Å²) < 4.78 is 23.3. The van der Waals surface area contributed by atoms with Crippen LogP contribution in [0, 0.1) is 0 Å². The molecule has 1 aliphatic heterocycles. The Kier molecular flexibility index (Phi) is 5.48. The maximum atomic E-state index is 12.5. The van der Waals surface area contributed by atoms with E-state index in [1.165, 1.54) is 11.8 Å². The summed E-state index contributed by atoms with van der Waals surface area (Å²) in [5.41, 5.74) is 1.95. The number of nitrogens with zero attached hydrogens (tertiary/aromatic N) is 2. The molecule has 1 aliphatic rings. The molecular weight excluding hydrogens is 358 g/mol. The van der Waals surface area contributed by atoms with E-state index in [-0.39, 0.29) is 29.2 Å². The Labute approximate surface area is 152 Å². The van der Waals surface area contributed by atoms with Crippen molar-refractivity contribution in [2.24, 2.45) is 0 Å². The molecule has 0 bridgehead atoms. The van der Waals surface area contributed by atoms with E-state index in [1.807, 2.05) is 37.3 Å². The molecule has 6 nitrogen and oxygen atoms in total. The number of carbonyl (C=O) groups is 1. The summed E-state index contributed by atoms with van der Waals surface area (Å²) in [5.74, 6) is 0.447. The number of carbonyl (C=O) groups excluding carboxylic acids is 1. The van der Waals surface area contributed by atoms with Gasteiger partial charge in [0, 0.05) is 12.6 Å². The first-order valence-corrected chi connectivity index (χ1v) is 11.0. The molecule has 1 saturated heterocycles. The van der Waals surface area contributed by atoms with Gasteiger partial charge < -0.3 is 9.88 Å². The molecule has 1 fully saturated rings. The molecule has 1 unspecified atom stereocenters. The molecule has 3 rings (SSSR count). The fraction of sp³-hybridized carbons (Fsp3) is 0.412. The zero-order chi connectivity index (χ0) is 17.9. The third-order valence-electron chi connectivity index (χ3n) is 4.28. The van der Waals surface area contributed by atoms with Crippen molar-refractivity contribution in [3.63, 3.8) is 0 Å². The van der Waals surface area contributed by atoms with Gasteiger partial charge in [0.05, 0.1) is 29.1 Å². The van der Waals surface area contributed by atoms with Crippen LogP contribution in [0.25, 0.3) is 11.3 Å². The highest BCUT2D eigenvalue weighted by Gasteiger charge is 2.33. The summed E-state index contributed by atoms with van der Waals surface area (Å²) in [5, 5.41) is 0.683. The van der Waals surface area contributed by atoms with Crippen LogP contribution in [0.4, 0.5) is 0 Å². The van der Waals surface area contributed by atoms with Crippen LogP contribution in [0.2, 0.25) is 0 Å². The van der Waals surface area contributed by atoms with Crippen molar-refractivity contribution in [3.8, 4) is 11.3 Å².